The SMILES string of the molecule is CC(=O)Oc1c(I)[c]c2cccc(OC(C)=O)c2c1OC(C)=O. The topological polar surface area (TPSA) is 78.9 Å². The largest absolute Gasteiger partial charge is 0.426 e. The molecular formula is C16H12IO6. The average molecular weight is 427 g/mol. The van der Waals surface area contributed by atoms with Crippen molar-refractivity contribution in [2.45, 2.75) is 20.8 Å². The number of fused-ring (bicyclic) bond motifs is 1. The lowest BCUT2D eigenvalue weighted by Crippen LogP contribution is -2.10. The van der Waals surface area contributed by atoms with Crippen molar-refractivity contribution in [2.75, 3.05) is 0 Å². The Kier molecular flexibility index (Phi) is 5.19. The predicted molar refractivity (Wildman–Crippen MR) is 89.4 cm³/mol. The Morgan fingerprint density at radius 1 is 0.913 bits per heavy atom. The van der Waals surface area contributed by atoms with Gasteiger partial charge in [0.15, 0.2) is 11.5 Å². The number of carbonyl (C=O) groups excluding carboxylic acids is 3. The quantitative estimate of drug-likeness (QED) is 0.426. The third-order valence-electron chi connectivity index (χ3n) is 2.65. The van der Waals surface area contributed by atoms with Gasteiger partial charge in [-0.05, 0) is 34.0 Å². The monoisotopic (exact) mass is 427 g/mol. The van der Waals surface area contributed by atoms with Gasteiger partial charge in [-0.25, -0.2) is 0 Å². The first kappa shape index (κ1) is 17.2. The minimum atomic E-state index is -0.598. The molecule has 2 rings (SSSR count). The van der Waals surface area contributed by atoms with Gasteiger partial charge in [0.05, 0.1) is 8.96 Å². The van der Waals surface area contributed by atoms with E-state index in [4.69, 9.17) is 14.2 Å². The third kappa shape index (κ3) is 3.98. The second kappa shape index (κ2) is 6.95. The highest BCUT2D eigenvalue weighted by Gasteiger charge is 2.22. The summed E-state index contributed by atoms with van der Waals surface area (Å²) in [5.41, 5.74) is 0. The lowest BCUT2D eigenvalue weighted by molar-refractivity contribution is -0.134. The molecule has 0 aromatic heterocycles. The molecule has 0 aliphatic heterocycles. The van der Waals surface area contributed by atoms with E-state index >= 15 is 0 Å². The van der Waals surface area contributed by atoms with Gasteiger partial charge in [-0.2, -0.15) is 0 Å². The zero-order valence-corrected chi connectivity index (χ0v) is 14.7. The predicted octanol–water partition coefficient (Wildman–Crippen LogP) is 3.02. The van der Waals surface area contributed by atoms with Crippen molar-refractivity contribution in [1.29, 1.82) is 0 Å². The maximum atomic E-state index is 11.5. The van der Waals surface area contributed by atoms with Crippen LogP contribution in [0, 0.1) is 9.64 Å². The van der Waals surface area contributed by atoms with Crippen molar-refractivity contribution < 1.29 is 28.6 Å². The van der Waals surface area contributed by atoms with Crippen LogP contribution in [0.5, 0.6) is 17.2 Å². The number of benzene rings is 2. The maximum absolute atomic E-state index is 11.5. The Bertz CT molecular complexity index is 812. The van der Waals surface area contributed by atoms with Crippen LogP contribution >= 0.6 is 22.6 Å². The number of hydrogen-bond donors (Lipinski definition) is 0. The van der Waals surface area contributed by atoms with Gasteiger partial charge >= 0.3 is 17.9 Å². The molecule has 23 heavy (non-hydrogen) atoms. The lowest BCUT2D eigenvalue weighted by atomic mass is 10.1. The van der Waals surface area contributed by atoms with Gasteiger partial charge in [0, 0.05) is 26.8 Å². The molecule has 0 bridgehead atoms. The van der Waals surface area contributed by atoms with Gasteiger partial charge in [-0.3, -0.25) is 14.4 Å². The zero-order chi connectivity index (χ0) is 17.1. The fraction of sp³-hybridized carbons (Fsp3) is 0.188. The molecule has 0 fully saturated rings. The standard InChI is InChI=1S/C16H12IO6/c1-8(18)21-13-6-4-5-11-7-12(17)15(22-9(2)19)16(14(11)13)23-10(3)20/h4-6H,1-3H3. The first-order valence-corrected chi connectivity index (χ1v) is 7.60. The molecule has 0 heterocycles. The second-order valence-corrected chi connectivity index (χ2v) is 5.64. The van der Waals surface area contributed by atoms with Gasteiger partial charge in [0.25, 0.3) is 0 Å². The number of hydrogen-bond acceptors (Lipinski definition) is 6. The van der Waals surface area contributed by atoms with Crippen molar-refractivity contribution in [2.24, 2.45) is 0 Å². The van der Waals surface area contributed by atoms with Crippen molar-refractivity contribution in [3.8, 4) is 17.2 Å². The summed E-state index contributed by atoms with van der Waals surface area (Å²) >= 11 is 1.92. The fourth-order valence-electron chi connectivity index (χ4n) is 1.97. The highest BCUT2D eigenvalue weighted by atomic mass is 127. The van der Waals surface area contributed by atoms with Crippen LogP contribution in [0.4, 0.5) is 0 Å². The molecule has 0 aliphatic rings. The van der Waals surface area contributed by atoms with Gasteiger partial charge < -0.3 is 14.2 Å². The average Bonchev–Trinajstić information content (AvgIpc) is 2.41. The Labute approximate surface area is 145 Å². The molecule has 119 valence electrons. The van der Waals surface area contributed by atoms with Crippen LogP contribution in [0.3, 0.4) is 0 Å². The highest BCUT2D eigenvalue weighted by molar-refractivity contribution is 14.1. The molecular weight excluding hydrogens is 415 g/mol. The van der Waals surface area contributed by atoms with E-state index in [2.05, 4.69) is 6.07 Å². The first-order chi connectivity index (χ1) is 10.8. The summed E-state index contributed by atoms with van der Waals surface area (Å²) < 4.78 is 16.0. The van der Waals surface area contributed by atoms with E-state index in [9.17, 15) is 14.4 Å². The minimum absolute atomic E-state index is 0.0164. The van der Waals surface area contributed by atoms with E-state index in [-0.39, 0.29) is 17.2 Å². The van der Waals surface area contributed by atoms with E-state index in [0.717, 1.165) is 0 Å². The van der Waals surface area contributed by atoms with Crippen molar-refractivity contribution in [3.63, 3.8) is 0 Å². The van der Waals surface area contributed by atoms with Crippen molar-refractivity contribution in [1.82, 2.24) is 0 Å². The van der Waals surface area contributed by atoms with E-state index in [0.29, 0.717) is 14.3 Å². The molecule has 0 saturated heterocycles. The Balaban J connectivity index is 2.83. The molecule has 0 spiro atoms. The maximum Gasteiger partial charge on any atom is 0.308 e. The van der Waals surface area contributed by atoms with Crippen LogP contribution in [0.25, 0.3) is 10.8 Å². The molecule has 0 amide bonds. The Morgan fingerprint density at radius 3 is 2.04 bits per heavy atom. The highest BCUT2D eigenvalue weighted by Crippen LogP contribution is 2.44. The number of halogens is 1. The molecule has 7 heteroatoms. The van der Waals surface area contributed by atoms with Gasteiger partial charge in [-0.15, -0.1) is 0 Å². The number of carbonyl (C=O) groups is 3. The number of rotatable bonds is 3. The fourth-order valence-corrected chi connectivity index (χ4v) is 2.62. The summed E-state index contributed by atoms with van der Waals surface area (Å²) in [5, 5.41) is 0.884. The summed E-state index contributed by atoms with van der Waals surface area (Å²) in [6.07, 6.45) is 0. The summed E-state index contributed by atoms with van der Waals surface area (Å²) in [7, 11) is 0. The smallest absolute Gasteiger partial charge is 0.308 e. The van der Waals surface area contributed by atoms with Crippen LogP contribution in [-0.4, -0.2) is 17.9 Å². The van der Waals surface area contributed by atoms with E-state index in [1.54, 1.807) is 18.2 Å². The van der Waals surface area contributed by atoms with Crippen LogP contribution < -0.4 is 14.2 Å². The molecule has 0 aliphatic carbocycles. The van der Waals surface area contributed by atoms with Gasteiger partial charge in [0.2, 0.25) is 0 Å². The second-order valence-electron chi connectivity index (χ2n) is 4.56. The van der Waals surface area contributed by atoms with E-state index in [1.807, 2.05) is 22.6 Å². The third-order valence-corrected chi connectivity index (χ3v) is 3.41. The van der Waals surface area contributed by atoms with Crippen LogP contribution in [-0.2, 0) is 14.4 Å². The first-order valence-electron chi connectivity index (χ1n) is 6.52. The van der Waals surface area contributed by atoms with Crippen molar-refractivity contribution >= 4 is 51.3 Å². The minimum Gasteiger partial charge on any atom is -0.426 e. The molecule has 1 radical (unpaired) electrons. The lowest BCUT2D eigenvalue weighted by Gasteiger charge is -2.15. The molecule has 0 atom stereocenters. The molecule has 0 unspecified atom stereocenters. The van der Waals surface area contributed by atoms with Gasteiger partial charge in [-0.1, -0.05) is 12.1 Å². The van der Waals surface area contributed by atoms with Crippen LogP contribution in [0.2, 0.25) is 0 Å². The van der Waals surface area contributed by atoms with Crippen LogP contribution in [0.1, 0.15) is 20.8 Å². The molecule has 6 nitrogen and oxygen atoms in total. The van der Waals surface area contributed by atoms with E-state index in [1.165, 1.54) is 20.8 Å². The number of esters is 3. The summed E-state index contributed by atoms with van der Waals surface area (Å²) in [5.74, 6) is -1.44. The zero-order valence-electron chi connectivity index (χ0n) is 12.6. The Hall–Kier alpha value is -2.16. The Morgan fingerprint density at radius 2 is 1.48 bits per heavy atom. The van der Waals surface area contributed by atoms with Gasteiger partial charge in [0.1, 0.15) is 5.75 Å². The summed E-state index contributed by atoms with van der Waals surface area (Å²) in [6, 6.07) is 7.96. The van der Waals surface area contributed by atoms with Crippen molar-refractivity contribution in [3.05, 3.63) is 27.8 Å². The summed E-state index contributed by atoms with van der Waals surface area (Å²) in [6.45, 7) is 3.71. The molecule has 0 saturated carbocycles. The van der Waals surface area contributed by atoms with Crippen LogP contribution in [0.15, 0.2) is 18.2 Å². The normalized spacial score (nSPS) is 10.3. The van der Waals surface area contributed by atoms with E-state index < -0.39 is 17.9 Å². The molecule has 2 aromatic rings. The molecule has 0 N–H and O–H groups in total. The molecule has 2 aromatic carbocycles. The summed E-state index contributed by atoms with van der Waals surface area (Å²) in [4.78, 5) is 34.1. The number of ether oxygens (including phenoxy) is 3.